The Morgan fingerprint density at radius 3 is 2.23 bits per heavy atom. The number of methoxy groups -OCH3 is 2. The molecule has 4 atom stereocenters. The molecule has 3 N–H and O–H groups in total. The normalized spacial score (nSPS) is 18.2. The molecule has 2 aliphatic heterocycles. The Bertz CT molecular complexity index is 1810. The van der Waals surface area contributed by atoms with Gasteiger partial charge in [-0.25, -0.2) is 23.8 Å². The predicted molar refractivity (Wildman–Crippen MR) is 193 cm³/mol. The minimum absolute atomic E-state index is 0.0788. The first kappa shape index (κ1) is 38.8. The fraction of sp³-hybridized carbons (Fsp3) is 0.474. The zero-order valence-electron chi connectivity index (χ0n) is 30.8. The van der Waals surface area contributed by atoms with E-state index < -0.39 is 42.3 Å². The van der Waals surface area contributed by atoms with Crippen LogP contribution in [0.15, 0.2) is 48.7 Å². The van der Waals surface area contributed by atoms with E-state index in [0.717, 1.165) is 24.1 Å². The number of aromatic nitrogens is 2. The highest BCUT2D eigenvalue weighted by Gasteiger charge is 2.38. The van der Waals surface area contributed by atoms with Crippen LogP contribution in [0.5, 0.6) is 0 Å². The summed E-state index contributed by atoms with van der Waals surface area (Å²) in [6.45, 7) is 8.05. The Labute approximate surface area is 307 Å². The first-order chi connectivity index (χ1) is 25.3. The van der Waals surface area contributed by atoms with Gasteiger partial charge in [-0.3, -0.25) is 14.5 Å². The van der Waals surface area contributed by atoms with Gasteiger partial charge in [0.2, 0.25) is 5.91 Å². The number of ether oxygens (including phenoxy) is 3. The molecule has 0 saturated carbocycles. The van der Waals surface area contributed by atoms with Crippen molar-refractivity contribution in [2.75, 3.05) is 32.2 Å². The molecule has 4 amide bonds. The molecule has 0 unspecified atom stereocenters. The van der Waals surface area contributed by atoms with E-state index >= 15 is 4.39 Å². The van der Waals surface area contributed by atoms with Crippen LogP contribution in [0.4, 0.5) is 24.5 Å². The van der Waals surface area contributed by atoms with Crippen LogP contribution >= 0.6 is 0 Å². The summed E-state index contributed by atoms with van der Waals surface area (Å²) in [7, 11) is 2.49. The van der Waals surface area contributed by atoms with Crippen molar-refractivity contribution in [3.63, 3.8) is 0 Å². The molecule has 2 fully saturated rings. The molecule has 0 aliphatic carbocycles. The second kappa shape index (κ2) is 16.9. The fourth-order valence-corrected chi connectivity index (χ4v) is 6.73. The van der Waals surface area contributed by atoms with E-state index in [0.29, 0.717) is 29.2 Å². The van der Waals surface area contributed by atoms with E-state index in [9.17, 15) is 24.0 Å². The lowest BCUT2D eigenvalue weighted by Gasteiger charge is -2.30. The number of ketones is 1. The van der Waals surface area contributed by atoms with E-state index in [1.165, 1.54) is 25.2 Å². The van der Waals surface area contributed by atoms with Crippen LogP contribution in [0.3, 0.4) is 0 Å². The van der Waals surface area contributed by atoms with Crippen LogP contribution < -0.4 is 15.5 Å². The highest BCUT2D eigenvalue weighted by molar-refractivity contribution is 5.91. The second-order valence-electron chi connectivity index (χ2n) is 13.9. The first-order valence-electron chi connectivity index (χ1n) is 17.8. The molecular formula is C38H47FN6O8. The number of nitrogens with one attached hydrogen (secondary N) is 3. The molecule has 3 aromatic rings. The van der Waals surface area contributed by atoms with Crippen LogP contribution in [-0.2, 0) is 23.8 Å². The van der Waals surface area contributed by atoms with Gasteiger partial charge in [-0.05, 0) is 60.4 Å². The lowest BCUT2D eigenvalue weighted by atomic mass is 9.96. The quantitative estimate of drug-likeness (QED) is 0.179. The maximum Gasteiger partial charge on any atom is 0.414 e. The van der Waals surface area contributed by atoms with Gasteiger partial charge in [-0.15, -0.1) is 0 Å². The zero-order valence-corrected chi connectivity index (χ0v) is 30.8. The zero-order chi connectivity index (χ0) is 38.4. The van der Waals surface area contributed by atoms with Crippen molar-refractivity contribution in [3.05, 3.63) is 60.3 Å². The maximum atomic E-state index is 15.5. The fourth-order valence-electron chi connectivity index (χ4n) is 6.73. The summed E-state index contributed by atoms with van der Waals surface area (Å²) >= 11 is 0. The number of rotatable bonds is 13. The standard InChI is InChI=1S/C38H47FN6O8/c1-21(2)32(42-36(48)51-5)31(46)16-14-26-20-45(38(50)53-26)25-13-15-27(28(39)18-25)23-9-11-24(12-10-23)29-19-40-34(41-29)30-8-7-17-44(30)35(47)33(22(3)4)43-37(49)52-6/h9-13,15,18-19,21-22,26,30,32-33H,7-8,14,16-17,20H2,1-6H3,(H,40,41)(H,42,48)(H,43,49)/t26-,30-,32-,33-/m0/s1. The molecule has 0 radical (unpaired) electrons. The third kappa shape index (κ3) is 8.95. The number of likely N-dealkylation sites (tertiary alicyclic amines) is 1. The Hall–Kier alpha value is -5.47. The predicted octanol–water partition coefficient (Wildman–Crippen LogP) is 5.98. The number of nitrogens with zero attached hydrogens (tertiary/aromatic N) is 3. The third-order valence-corrected chi connectivity index (χ3v) is 9.67. The van der Waals surface area contributed by atoms with Crippen molar-refractivity contribution in [2.24, 2.45) is 11.8 Å². The number of carbonyl (C=O) groups is 5. The highest BCUT2D eigenvalue weighted by atomic mass is 19.1. The number of aromatic amines is 1. The van der Waals surface area contributed by atoms with Crippen molar-refractivity contribution < 1.29 is 42.6 Å². The number of cyclic esters (lactones) is 1. The average molecular weight is 735 g/mol. The van der Waals surface area contributed by atoms with Gasteiger partial charge in [-0.1, -0.05) is 52.0 Å². The second-order valence-corrected chi connectivity index (χ2v) is 13.9. The van der Waals surface area contributed by atoms with Crippen LogP contribution in [0.1, 0.15) is 65.2 Å². The molecule has 2 saturated heterocycles. The number of Topliss-reactive ketones (excluding diaryl/α,β-unsaturated/α-hetero) is 1. The van der Waals surface area contributed by atoms with Crippen molar-refractivity contribution >= 4 is 35.7 Å². The van der Waals surface area contributed by atoms with Crippen LogP contribution in [-0.4, -0.2) is 90.3 Å². The van der Waals surface area contributed by atoms with Gasteiger partial charge in [0.05, 0.1) is 50.4 Å². The number of carbonyl (C=O) groups excluding carboxylic acids is 5. The van der Waals surface area contributed by atoms with Crippen LogP contribution in [0.25, 0.3) is 22.4 Å². The van der Waals surface area contributed by atoms with E-state index in [1.807, 2.05) is 39.8 Å². The van der Waals surface area contributed by atoms with Crippen LogP contribution in [0, 0.1) is 17.7 Å². The van der Waals surface area contributed by atoms with Crippen molar-refractivity contribution in [3.8, 4) is 22.4 Å². The molecule has 3 heterocycles. The van der Waals surface area contributed by atoms with Gasteiger partial charge in [0, 0.05) is 18.5 Å². The molecule has 2 aliphatic rings. The molecule has 5 rings (SSSR count). The summed E-state index contributed by atoms with van der Waals surface area (Å²) in [5, 5.41) is 5.20. The molecule has 14 nitrogen and oxygen atoms in total. The topological polar surface area (TPSA) is 172 Å². The first-order valence-corrected chi connectivity index (χ1v) is 17.8. The van der Waals surface area contributed by atoms with Gasteiger partial charge in [0.1, 0.15) is 23.8 Å². The number of halogens is 1. The number of benzene rings is 2. The number of alkyl carbamates (subject to hydrolysis) is 2. The molecular weight excluding hydrogens is 687 g/mol. The Morgan fingerprint density at radius 2 is 1.60 bits per heavy atom. The Kier molecular flexibility index (Phi) is 12.4. The lowest BCUT2D eigenvalue weighted by Crippen LogP contribution is -2.51. The lowest BCUT2D eigenvalue weighted by molar-refractivity contribution is -0.135. The van der Waals surface area contributed by atoms with Gasteiger partial charge in [0.15, 0.2) is 5.78 Å². The third-order valence-electron chi connectivity index (χ3n) is 9.67. The number of imidazole rings is 1. The number of anilines is 1. The Balaban J connectivity index is 1.21. The largest absolute Gasteiger partial charge is 0.453 e. The average Bonchev–Trinajstić information content (AvgIpc) is 3.91. The molecule has 2 aromatic carbocycles. The summed E-state index contributed by atoms with van der Waals surface area (Å²) in [5.41, 5.74) is 2.86. The van der Waals surface area contributed by atoms with E-state index in [2.05, 4.69) is 25.3 Å². The van der Waals surface area contributed by atoms with E-state index in [-0.39, 0.29) is 49.0 Å². The van der Waals surface area contributed by atoms with Gasteiger partial charge < -0.3 is 34.7 Å². The van der Waals surface area contributed by atoms with Crippen molar-refractivity contribution in [2.45, 2.75) is 77.6 Å². The summed E-state index contributed by atoms with van der Waals surface area (Å²) < 4.78 is 30.3. The minimum atomic E-state index is -0.732. The van der Waals surface area contributed by atoms with Gasteiger partial charge in [0.25, 0.3) is 0 Å². The number of amides is 4. The summed E-state index contributed by atoms with van der Waals surface area (Å²) in [5.74, 6) is -0.575. The van der Waals surface area contributed by atoms with Crippen molar-refractivity contribution in [1.82, 2.24) is 25.5 Å². The molecule has 15 heteroatoms. The number of hydrogen-bond acceptors (Lipinski definition) is 9. The van der Waals surface area contributed by atoms with E-state index in [1.54, 1.807) is 35.4 Å². The Morgan fingerprint density at radius 1 is 0.962 bits per heavy atom. The maximum absolute atomic E-state index is 15.5. The molecule has 1 aromatic heterocycles. The van der Waals surface area contributed by atoms with Crippen molar-refractivity contribution in [1.29, 1.82) is 0 Å². The molecule has 0 spiro atoms. The molecule has 284 valence electrons. The van der Waals surface area contributed by atoms with Gasteiger partial charge >= 0.3 is 18.3 Å². The monoisotopic (exact) mass is 734 g/mol. The molecule has 53 heavy (non-hydrogen) atoms. The summed E-state index contributed by atoms with van der Waals surface area (Å²) in [6.07, 6.45) is 0.991. The number of hydrogen-bond donors (Lipinski definition) is 3. The molecule has 0 bridgehead atoms. The number of H-pyrrole nitrogens is 1. The van der Waals surface area contributed by atoms with E-state index in [4.69, 9.17) is 9.47 Å². The smallest absolute Gasteiger partial charge is 0.414 e. The highest BCUT2D eigenvalue weighted by Crippen LogP contribution is 2.34. The van der Waals surface area contributed by atoms with Gasteiger partial charge in [-0.2, -0.15) is 0 Å². The minimum Gasteiger partial charge on any atom is -0.453 e. The SMILES string of the molecule is COC(=O)N[C@H](C(=O)CC[C@H]1CN(c2ccc(-c3ccc(-c4cnc([C@@H]5CCCN5C(=O)[C@@H](NC(=O)OC)C(C)C)[nH]4)cc3)c(F)c2)C(=O)O1)C(C)C. The van der Waals surface area contributed by atoms with Crippen LogP contribution in [0.2, 0.25) is 0 Å². The summed E-state index contributed by atoms with van der Waals surface area (Å²) in [4.78, 5) is 73.6. The summed E-state index contributed by atoms with van der Waals surface area (Å²) in [6, 6.07) is 10.1.